The van der Waals surface area contributed by atoms with E-state index in [1.54, 1.807) is 21.6 Å². The molecule has 164 valence electrons. The quantitative estimate of drug-likeness (QED) is 0.477. The molecule has 1 aliphatic heterocycles. The summed E-state index contributed by atoms with van der Waals surface area (Å²) < 4.78 is 3.29. The van der Waals surface area contributed by atoms with Gasteiger partial charge in [-0.2, -0.15) is 10.2 Å². The molecule has 0 aliphatic carbocycles. The molecule has 0 spiro atoms. The average molecular weight is 432 g/mol. The van der Waals surface area contributed by atoms with Crippen LogP contribution in [0.5, 0.6) is 0 Å². The van der Waals surface area contributed by atoms with Gasteiger partial charge >= 0.3 is 0 Å². The van der Waals surface area contributed by atoms with Crippen LogP contribution in [-0.4, -0.2) is 66.0 Å². The third-order valence-electron chi connectivity index (χ3n) is 5.73. The number of amides is 1. The van der Waals surface area contributed by atoms with E-state index in [-0.39, 0.29) is 18.1 Å². The number of aryl methyl sites for hydroxylation is 1. The van der Waals surface area contributed by atoms with Gasteiger partial charge in [-0.25, -0.2) is 9.50 Å². The number of carbonyl (C=O) groups is 1. The van der Waals surface area contributed by atoms with Crippen LogP contribution in [0.2, 0.25) is 0 Å². The molecule has 0 saturated carbocycles. The SMILES string of the molecule is Cn1cc(-c2ccc3nc(C(=O)NC[C@H](O)CN4CCc5ccccc5C4)cn3n2)cn1. The summed E-state index contributed by atoms with van der Waals surface area (Å²) in [5.41, 5.74) is 5.15. The summed E-state index contributed by atoms with van der Waals surface area (Å²) in [7, 11) is 1.85. The Morgan fingerprint density at radius 2 is 2.03 bits per heavy atom. The largest absolute Gasteiger partial charge is 0.390 e. The molecule has 9 heteroatoms. The van der Waals surface area contributed by atoms with Crippen LogP contribution in [0.25, 0.3) is 16.9 Å². The summed E-state index contributed by atoms with van der Waals surface area (Å²) in [6.45, 7) is 2.40. The number of carbonyl (C=O) groups excluding carboxylic acids is 1. The van der Waals surface area contributed by atoms with Crippen LogP contribution in [0, 0.1) is 0 Å². The van der Waals surface area contributed by atoms with Gasteiger partial charge in [-0.15, -0.1) is 0 Å². The first-order valence-electron chi connectivity index (χ1n) is 10.7. The smallest absolute Gasteiger partial charge is 0.271 e. The summed E-state index contributed by atoms with van der Waals surface area (Å²) in [6.07, 6.45) is 5.53. The van der Waals surface area contributed by atoms with Crippen molar-refractivity contribution in [1.82, 2.24) is 34.6 Å². The number of nitrogens with one attached hydrogen (secondary N) is 1. The fraction of sp³-hybridized carbons (Fsp3) is 0.304. The topological polar surface area (TPSA) is 101 Å². The molecule has 5 rings (SSSR count). The second-order valence-electron chi connectivity index (χ2n) is 8.17. The minimum absolute atomic E-state index is 0.166. The van der Waals surface area contributed by atoms with E-state index < -0.39 is 6.10 Å². The molecule has 1 atom stereocenters. The molecule has 4 aromatic rings. The Balaban J connectivity index is 1.18. The van der Waals surface area contributed by atoms with Gasteiger partial charge in [-0.1, -0.05) is 24.3 Å². The van der Waals surface area contributed by atoms with E-state index in [0.717, 1.165) is 30.8 Å². The maximum atomic E-state index is 12.6. The van der Waals surface area contributed by atoms with Gasteiger partial charge in [0.15, 0.2) is 5.65 Å². The van der Waals surface area contributed by atoms with Crippen molar-refractivity contribution >= 4 is 11.6 Å². The monoisotopic (exact) mass is 431 g/mol. The maximum absolute atomic E-state index is 12.6. The zero-order valence-corrected chi connectivity index (χ0v) is 17.8. The predicted octanol–water partition coefficient (Wildman–Crippen LogP) is 1.28. The van der Waals surface area contributed by atoms with E-state index in [4.69, 9.17) is 0 Å². The van der Waals surface area contributed by atoms with E-state index in [1.807, 2.05) is 31.4 Å². The van der Waals surface area contributed by atoms with Gasteiger partial charge in [0.05, 0.1) is 24.2 Å². The molecule has 4 heterocycles. The number of β-amino-alcohol motifs (C(OH)–C–C–N with tert-alkyl or cyclic N) is 1. The van der Waals surface area contributed by atoms with Crippen molar-refractivity contribution in [3.63, 3.8) is 0 Å². The molecule has 0 bridgehead atoms. The van der Waals surface area contributed by atoms with Crippen molar-refractivity contribution in [1.29, 1.82) is 0 Å². The van der Waals surface area contributed by atoms with Crippen molar-refractivity contribution in [3.05, 3.63) is 71.8 Å². The van der Waals surface area contributed by atoms with E-state index in [1.165, 1.54) is 11.1 Å². The lowest BCUT2D eigenvalue weighted by Gasteiger charge is -2.30. The lowest BCUT2D eigenvalue weighted by atomic mass is 10.00. The zero-order chi connectivity index (χ0) is 22.1. The fourth-order valence-corrected chi connectivity index (χ4v) is 4.07. The normalized spacial score (nSPS) is 14.9. The van der Waals surface area contributed by atoms with Crippen molar-refractivity contribution in [2.45, 2.75) is 19.1 Å². The number of imidazole rings is 1. The van der Waals surface area contributed by atoms with Gasteiger partial charge < -0.3 is 10.4 Å². The highest BCUT2D eigenvalue weighted by Gasteiger charge is 2.19. The second kappa shape index (κ2) is 8.52. The molecule has 9 nitrogen and oxygen atoms in total. The highest BCUT2D eigenvalue weighted by molar-refractivity contribution is 5.92. The molecule has 1 aromatic carbocycles. The van der Waals surface area contributed by atoms with E-state index in [0.29, 0.717) is 12.2 Å². The highest BCUT2D eigenvalue weighted by atomic mass is 16.3. The lowest BCUT2D eigenvalue weighted by Crippen LogP contribution is -2.42. The first-order chi connectivity index (χ1) is 15.5. The van der Waals surface area contributed by atoms with Gasteiger partial charge in [0.25, 0.3) is 5.91 Å². The molecule has 0 saturated heterocycles. The van der Waals surface area contributed by atoms with Crippen LogP contribution >= 0.6 is 0 Å². The zero-order valence-electron chi connectivity index (χ0n) is 17.8. The Kier molecular flexibility index (Phi) is 5.42. The number of nitrogens with zero attached hydrogens (tertiary/aromatic N) is 6. The molecular weight excluding hydrogens is 406 g/mol. The van der Waals surface area contributed by atoms with Crippen LogP contribution in [0.1, 0.15) is 21.6 Å². The van der Waals surface area contributed by atoms with Crippen LogP contribution < -0.4 is 5.32 Å². The number of aromatic nitrogens is 5. The summed E-state index contributed by atoms with van der Waals surface area (Å²) >= 11 is 0. The Labute approximate surface area is 185 Å². The summed E-state index contributed by atoms with van der Waals surface area (Å²) in [5.74, 6) is -0.332. The fourth-order valence-electron chi connectivity index (χ4n) is 4.07. The van der Waals surface area contributed by atoms with E-state index >= 15 is 0 Å². The molecule has 0 fully saturated rings. The van der Waals surface area contributed by atoms with Gasteiger partial charge in [-0.3, -0.25) is 14.4 Å². The third kappa shape index (κ3) is 4.25. The molecular formula is C23H25N7O2. The number of benzene rings is 1. The number of fused-ring (bicyclic) bond motifs is 2. The number of hydrogen-bond donors (Lipinski definition) is 2. The van der Waals surface area contributed by atoms with E-state index in [9.17, 15) is 9.90 Å². The predicted molar refractivity (Wildman–Crippen MR) is 119 cm³/mol. The number of rotatable bonds is 6. The number of aliphatic hydroxyl groups is 1. The summed E-state index contributed by atoms with van der Waals surface area (Å²) in [4.78, 5) is 19.1. The second-order valence-corrected chi connectivity index (χ2v) is 8.17. The minimum atomic E-state index is -0.656. The average Bonchev–Trinajstić information content (AvgIpc) is 3.43. The van der Waals surface area contributed by atoms with Crippen LogP contribution in [0.15, 0.2) is 55.0 Å². The van der Waals surface area contributed by atoms with Crippen molar-refractivity contribution < 1.29 is 9.90 Å². The Morgan fingerprint density at radius 1 is 1.19 bits per heavy atom. The van der Waals surface area contributed by atoms with E-state index in [2.05, 4.69) is 43.6 Å². The first-order valence-corrected chi connectivity index (χ1v) is 10.7. The Morgan fingerprint density at radius 3 is 2.84 bits per heavy atom. The third-order valence-corrected chi connectivity index (χ3v) is 5.73. The minimum Gasteiger partial charge on any atom is -0.390 e. The molecule has 1 aliphatic rings. The molecule has 2 N–H and O–H groups in total. The molecule has 0 unspecified atom stereocenters. The van der Waals surface area contributed by atoms with Crippen LogP contribution in [0.4, 0.5) is 0 Å². The van der Waals surface area contributed by atoms with Gasteiger partial charge in [0.2, 0.25) is 0 Å². The van der Waals surface area contributed by atoms with Crippen molar-refractivity contribution in [2.24, 2.45) is 7.05 Å². The molecule has 1 amide bonds. The first kappa shape index (κ1) is 20.3. The summed E-state index contributed by atoms with van der Waals surface area (Å²) in [5, 5.41) is 21.9. The van der Waals surface area contributed by atoms with Crippen LogP contribution in [0.3, 0.4) is 0 Å². The Hall–Kier alpha value is -3.56. The number of aliphatic hydroxyl groups excluding tert-OH is 1. The molecule has 3 aromatic heterocycles. The van der Waals surface area contributed by atoms with Crippen molar-refractivity contribution in [2.75, 3.05) is 19.6 Å². The van der Waals surface area contributed by atoms with Crippen molar-refractivity contribution in [3.8, 4) is 11.3 Å². The number of hydrogen-bond acceptors (Lipinski definition) is 6. The molecule has 32 heavy (non-hydrogen) atoms. The maximum Gasteiger partial charge on any atom is 0.271 e. The van der Waals surface area contributed by atoms with Gasteiger partial charge in [0, 0.05) is 45.0 Å². The lowest BCUT2D eigenvalue weighted by molar-refractivity contribution is 0.0838. The van der Waals surface area contributed by atoms with Gasteiger partial charge in [-0.05, 0) is 29.7 Å². The highest BCUT2D eigenvalue weighted by Crippen LogP contribution is 2.19. The van der Waals surface area contributed by atoms with Gasteiger partial charge in [0.1, 0.15) is 5.69 Å². The van der Waals surface area contributed by atoms with Crippen LogP contribution in [-0.2, 0) is 20.0 Å². The summed E-state index contributed by atoms with van der Waals surface area (Å²) in [6, 6.07) is 12.1. The standard InChI is InChI=1S/C23H25N7O2/c1-28-12-18(10-25-28)20-6-7-22-26-21(15-30(22)27-20)23(32)24-11-19(31)14-29-9-8-16-4-2-3-5-17(16)13-29/h2-7,10,12,15,19,31H,8-9,11,13-14H2,1H3,(H,24,32)/t19-/m0/s1. The Bertz CT molecular complexity index is 1260. The molecule has 0 radical (unpaired) electrons.